The van der Waals surface area contributed by atoms with Crippen molar-refractivity contribution in [3.05, 3.63) is 47.7 Å². The molecule has 26 heavy (non-hydrogen) atoms. The molecule has 1 atom stereocenters. The second-order valence-electron chi connectivity index (χ2n) is 6.61. The maximum absolute atomic E-state index is 13.2. The van der Waals surface area contributed by atoms with Crippen LogP contribution in [0.25, 0.3) is 10.9 Å². The van der Waals surface area contributed by atoms with E-state index in [1.165, 1.54) is 10.4 Å². The summed E-state index contributed by atoms with van der Waals surface area (Å²) in [6.07, 6.45) is 1.83. The van der Waals surface area contributed by atoms with Crippen molar-refractivity contribution in [2.45, 2.75) is 30.8 Å². The van der Waals surface area contributed by atoms with Gasteiger partial charge in [-0.25, -0.2) is 8.42 Å². The monoisotopic (exact) mass is 374 g/mol. The number of aryl methyl sites for hydroxylation is 2. The molecule has 136 valence electrons. The van der Waals surface area contributed by atoms with Crippen LogP contribution in [0.2, 0.25) is 0 Å². The Kier molecular flexibility index (Phi) is 3.83. The molecule has 0 amide bonds. The standard InChI is InChI=1S/C17H18N4O4S/c1-11-8-13-4-3-5-14(15(13)18-9-11)26(23,24)21-7-6-17(22,10-21)16-19-12(2)20-25-16/h3-5,8-9,22H,6-7,10H2,1-2H3/t17-/m1/s1. The van der Waals surface area contributed by atoms with Gasteiger partial charge in [0.2, 0.25) is 10.0 Å². The van der Waals surface area contributed by atoms with Crippen LogP contribution >= 0.6 is 0 Å². The smallest absolute Gasteiger partial charge is 0.260 e. The first-order valence-corrected chi connectivity index (χ1v) is 9.62. The number of nitrogens with zero attached hydrogens (tertiary/aromatic N) is 4. The molecule has 0 aliphatic carbocycles. The van der Waals surface area contributed by atoms with Gasteiger partial charge in [0.05, 0.1) is 12.1 Å². The number of para-hydroxylation sites is 1. The van der Waals surface area contributed by atoms with Gasteiger partial charge in [-0.05, 0) is 31.5 Å². The maximum Gasteiger partial charge on any atom is 0.260 e. The van der Waals surface area contributed by atoms with E-state index >= 15 is 0 Å². The molecule has 4 rings (SSSR count). The molecular weight excluding hydrogens is 356 g/mol. The van der Waals surface area contributed by atoms with E-state index in [9.17, 15) is 13.5 Å². The molecule has 1 aromatic carbocycles. The zero-order valence-corrected chi connectivity index (χ0v) is 15.2. The highest BCUT2D eigenvalue weighted by Gasteiger charge is 2.47. The lowest BCUT2D eigenvalue weighted by atomic mass is 10.0. The van der Waals surface area contributed by atoms with Crippen LogP contribution in [-0.2, 0) is 15.6 Å². The first-order chi connectivity index (χ1) is 12.3. The molecule has 0 spiro atoms. The molecule has 1 N–H and O–H groups in total. The third kappa shape index (κ3) is 2.68. The number of hydrogen-bond donors (Lipinski definition) is 1. The van der Waals surface area contributed by atoms with Crippen molar-refractivity contribution in [1.29, 1.82) is 0 Å². The summed E-state index contributed by atoms with van der Waals surface area (Å²) >= 11 is 0. The topological polar surface area (TPSA) is 109 Å². The van der Waals surface area contributed by atoms with Crippen molar-refractivity contribution in [1.82, 2.24) is 19.4 Å². The van der Waals surface area contributed by atoms with Crippen LogP contribution in [0.1, 0.15) is 23.7 Å². The predicted molar refractivity (Wildman–Crippen MR) is 92.8 cm³/mol. The minimum atomic E-state index is -3.83. The van der Waals surface area contributed by atoms with Gasteiger partial charge in [-0.1, -0.05) is 17.3 Å². The first-order valence-electron chi connectivity index (χ1n) is 8.18. The van der Waals surface area contributed by atoms with Crippen molar-refractivity contribution in [2.24, 2.45) is 0 Å². The minimum Gasteiger partial charge on any atom is -0.379 e. The molecular formula is C17H18N4O4S. The second-order valence-corrected chi connectivity index (χ2v) is 8.51. The number of hydrogen-bond acceptors (Lipinski definition) is 7. The van der Waals surface area contributed by atoms with Gasteiger partial charge in [-0.3, -0.25) is 4.98 Å². The normalized spacial score (nSPS) is 21.5. The molecule has 0 radical (unpaired) electrons. The summed E-state index contributed by atoms with van der Waals surface area (Å²) in [5.41, 5.74) is -0.111. The molecule has 0 saturated carbocycles. The lowest BCUT2D eigenvalue weighted by Crippen LogP contribution is -2.34. The Morgan fingerprint density at radius 2 is 2.12 bits per heavy atom. The Balaban J connectivity index is 1.72. The number of aliphatic hydroxyl groups is 1. The van der Waals surface area contributed by atoms with Crippen molar-refractivity contribution in [3.63, 3.8) is 0 Å². The van der Waals surface area contributed by atoms with Gasteiger partial charge in [-0.2, -0.15) is 9.29 Å². The van der Waals surface area contributed by atoms with E-state index in [1.54, 1.807) is 19.2 Å². The fourth-order valence-corrected chi connectivity index (χ4v) is 4.87. The zero-order chi connectivity index (χ0) is 18.5. The molecule has 1 fully saturated rings. The fourth-order valence-electron chi connectivity index (χ4n) is 3.22. The lowest BCUT2D eigenvalue weighted by Gasteiger charge is -2.20. The summed E-state index contributed by atoms with van der Waals surface area (Å²) in [7, 11) is -3.83. The Hall–Kier alpha value is -2.36. The predicted octanol–water partition coefficient (Wildman–Crippen LogP) is 1.52. The van der Waals surface area contributed by atoms with Crippen LogP contribution in [0.5, 0.6) is 0 Å². The Morgan fingerprint density at radius 3 is 2.85 bits per heavy atom. The van der Waals surface area contributed by atoms with Gasteiger partial charge < -0.3 is 9.63 Å². The lowest BCUT2D eigenvalue weighted by molar-refractivity contribution is 0.0194. The summed E-state index contributed by atoms with van der Waals surface area (Å²) in [6, 6.07) is 6.95. The molecule has 1 saturated heterocycles. The van der Waals surface area contributed by atoms with Gasteiger partial charge in [0.1, 0.15) is 4.90 Å². The molecule has 8 nitrogen and oxygen atoms in total. The van der Waals surface area contributed by atoms with Crippen LogP contribution in [0.15, 0.2) is 39.9 Å². The van der Waals surface area contributed by atoms with Gasteiger partial charge in [0.25, 0.3) is 5.89 Å². The minimum absolute atomic E-state index is 0.0411. The van der Waals surface area contributed by atoms with Crippen LogP contribution in [0.3, 0.4) is 0 Å². The van der Waals surface area contributed by atoms with Gasteiger partial charge in [0, 0.05) is 24.5 Å². The highest BCUT2D eigenvalue weighted by atomic mass is 32.2. The third-order valence-electron chi connectivity index (χ3n) is 4.57. The number of benzene rings is 1. The molecule has 2 aromatic heterocycles. The van der Waals surface area contributed by atoms with Crippen molar-refractivity contribution < 1.29 is 18.0 Å². The Bertz CT molecular complexity index is 1100. The van der Waals surface area contributed by atoms with Gasteiger partial charge in [-0.15, -0.1) is 0 Å². The number of β-amino-alcohol motifs (C(OH)–C–C–N with tert-alkyl or cyclic N) is 1. The zero-order valence-electron chi connectivity index (χ0n) is 14.4. The fraction of sp³-hybridized carbons (Fsp3) is 0.353. The number of sulfonamides is 1. The Morgan fingerprint density at radius 1 is 1.31 bits per heavy atom. The van der Waals surface area contributed by atoms with Crippen LogP contribution in [0, 0.1) is 13.8 Å². The quantitative estimate of drug-likeness (QED) is 0.740. The summed E-state index contributed by atoms with van der Waals surface area (Å²) in [5.74, 6) is 0.433. The van der Waals surface area contributed by atoms with E-state index in [2.05, 4.69) is 15.1 Å². The van der Waals surface area contributed by atoms with E-state index in [0.717, 1.165) is 10.9 Å². The van der Waals surface area contributed by atoms with Crippen molar-refractivity contribution >= 4 is 20.9 Å². The average molecular weight is 374 g/mol. The molecule has 1 aliphatic rings. The Labute approximate surface area is 150 Å². The average Bonchev–Trinajstić information content (AvgIpc) is 3.21. The number of fused-ring (bicyclic) bond motifs is 1. The number of pyridine rings is 1. The second kappa shape index (κ2) is 5.83. The number of rotatable bonds is 3. The highest BCUT2D eigenvalue weighted by Crippen LogP contribution is 2.35. The van der Waals surface area contributed by atoms with Crippen molar-refractivity contribution in [2.75, 3.05) is 13.1 Å². The molecule has 1 aliphatic heterocycles. The van der Waals surface area contributed by atoms with Gasteiger partial charge >= 0.3 is 0 Å². The van der Waals surface area contributed by atoms with Crippen LogP contribution < -0.4 is 0 Å². The summed E-state index contributed by atoms with van der Waals surface area (Å²) in [5, 5.41) is 15.2. The maximum atomic E-state index is 13.2. The largest absolute Gasteiger partial charge is 0.379 e. The summed E-state index contributed by atoms with van der Waals surface area (Å²) in [6.45, 7) is 3.56. The van der Waals surface area contributed by atoms with E-state index < -0.39 is 15.6 Å². The van der Waals surface area contributed by atoms with E-state index in [4.69, 9.17) is 4.52 Å². The van der Waals surface area contributed by atoms with Crippen LogP contribution in [0.4, 0.5) is 0 Å². The SMILES string of the molecule is Cc1cnc2c(S(=O)(=O)N3CC[C@](O)(c4nc(C)no4)C3)cccc2c1. The third-order valence-corrected chi connectivity index (χ3v) is 6.44. The van der Waals surface area contributed by atoms with E-state index in [0.29, 0.717) is 11.3 Å². The summed E-state index contributed by atoms with van der Waals surface area (Å²) in [4.78, 5) is 8.48. The highest BCUT2D eigenvalue weighted by molar-refractivity contribution is 7.89. The molecule has 0 bridgehead atoms. The first kappa shape index (κ1) is 17.1. The van der Waals surface area contributed by atoms with E-state index in [-0.39, 0.29) is 30.3 Å². The molecule has 3 aromatic rings. The van der Waals surface area contributed by atoms with Crippen molar-refractivity contribution in [3.8, 4) is 0 Å². The number of aromatic nitrogens is 3. The van der Waals surface area contributed by atoms with E-state index in [1.807, 2.05) is 19.1 Å². The molecule has 9 heteroatoms. The summed E-state index contributed by atoms with van der Waals surface area (Å²) < 4.78 is 32.6. The molecule has 0 unspecified atom stereocenters. The van der Waals surface area contributed by atoms with Crippen LogP contribution in [-0.4, -0.2) is 46.0 Å². The molecule has 3 heterocycles. The van der Waals surface area contributed by atoms with Gasteiger partial charge in [0.15, 0.2) is 11.4 Å².